The molecule has 0 saturated carbocycles. The number of fused-ring (bicyclic) bond motifs is 1. The molecular formula is C19H28FN. The Morgan fingerprint density at radius 1 is 1.05 bits per heavy atom. The van der Waals surface area contributed by atoms with Gasteiger partial charge in [0.05, 0.1) is 0 Å². The molecule has 2 aliphatic rings. The van der Waals surface area contributed by atoms with Crippen molar-refractivity contribution >= 4 is 0 Å². The lowest BCUT2D eigenvalue weighted by Crippen LogP contribution is -2.33. The van der Waals surface area contributed by atoms with E-state index in [1.165, 1.54) is 29.5 Å². The van der Waals surface area contributed by atoms with Crippen LogP contribution in [0.5, 0.6) is 0 Å². The molecule has 21 heavy (non-hydrogen) atoms. The van der Waals surface area contributed by atoms with Gasteiger partial charge in [-0.1, -0.05) is 39.0 Å². The molecular weight excluding hydrogens is 261 g/mol. The van der Waals surface area contributed by atoms with Crippen molar-refractivity contribution in [2.24, 2.45) is 0 Å². The molecule has 0 N–H and O–H groups in total. The summed E-state index contributed by atoms with van der Waals surface area (Å²) in [5.74, 6) is 0. The van der Waals surface area contributed by atoms with Crippen LogP contribution in [0, 0.1) is 0 Å². The molecule has 1 saturated heterocycles. The Morgan fingerprint density at radius 2 is 1.76 bits per heavy atom. The zero-order valence-electron chi connectivity index (χ0n) is 13.7. The summed E-state index contributed by atoms with van der Waals surface area (Å²) in [4.78, 5) is 2.39. The highest BCUT2D eigenvalue weighted by atomic mass is 19.1. The minimum Gasteiger partial charge on any atom is -0.297 e. The van der Waals surface area contributed by atoms with Crippen LogP contribution < -0.4 is 0 Å². The fourth-order valence-electron chi connectivity index (χ4n) is 3.80. The number of hydrogen-bond donors (Lipinski definition) is 0. The van der Waals surface area contributed by atoms with E-state index in [-0.39, 0.29) is 5.41 Å². The van der Waals surface area contributed by atoms with Crippen molar-refractivity contribution in [1.82, 2.24) is 4.90 Å². The molecule has 3 rings (SSSR count). The Bertz CT molecular complexity index is 503. The molecule has 1 nitrogen and oxygen atoms in total. The van der Waals surface area contributed by atoms with E-state index in [0.29, 0.717) is 12.6 Å². The van der Waals surface area contributed by atoms with Gasteiger partial charge in [0.15, 0.2) is 0 Å². The van der Waals surface area contributed by atoms with E-state index < -0.39 is 6.17 Å². The Hall–Kier alpha value is -0.890. The lowest BCUT2D eigenvalue weighted by atomic mass is 9.84. The number of halogens is 1. The zero-order chi connectivity index (χ0) is 15.0. The van der Waals surface area contributed by atoms with E-state index in [4.69, 9.17) is 0 Å². The van der Waals surface area contributed by atoms with Crippen LogP contribution in [0.15, 0.2) is 18.2 Å². The molecule has 0 bridgehead atoms. The van der Waals surface area contributed by atoms with Crippen molar-refractivity contribution < 1.29 is 4.39 Å². The first-order valence-corrected chi connectivity index (χ1v) is 8.44. The average molecular weight is 289 g/mol. The van der Waals surface area contributed by atoms with Gasteiger partial charge in [-0.15, -0.1) is 0 Å². The fourth-order valence-corrected chi connectivity index (χ4v) is 3.80. The number of alkyl halides is 1. The molecule has 0 aromatic heterocycles. The summed E-state index contributed by atoms with van der Waals surface area (Å²) < 4.78 is 13.4. The van der Waals surface area contributed by atoms with Crippen LogP contribution in [0.25, 0.3) is 0 Å². The van der Waals surface area contributed by atoms with E-state index in [1.54, 1.807) is 0 Å². The van der Waals surface area contributed by atoms with Gasteiger partial charge in [-0.2, -0.15) is 0 Å². The summed E-state index contributed by atoms with van der Waals surface area (Å²) in [6.45, 7) is 8.45. The van der Waals surface area contributed by atoms with Gasteiger partial charge in [0.25, 0.3) is 0 Å². The number of likely N-dealkylation sites (tertiary alicyclic amines) is 1. The van der Waals surface area contributed by atoms with Crippen LogP contribution in [-0.4, -0.2) is 30.2 Å². The average Bonchev–Trinajstić information content (AvgIpc) is 2.73. The molecule has 0 amide bonds. The van der Waals surface area contributed by atoms with Crippen molar-refractivity contribution in [3.8, 4) is 0 Å². The molecule has 1 heterocycles. The highest BCUT2D eigenvalue weighted by molar-refractivity contribution is 5.36. The third kappa shape index (κ3) is 3.31. The molecule has 1 unspecified atom stereocenters. The van der Waals surface area contributed by atoms with Gasteiger partial charge < -0.3 is 0 Å². The summed E-state index contributed by atoms with van der Waals surface area (Å²) in [5, 5.41) is 0. The van der Waals surface area contributed by atoms with Crippen molar-refractivity contribution in [1.29, 1.82) is 0 Å². The summed E-state index contributed by atoms with van der Waals surface area (Å²) in [5.41, 5.74) is 4.70. The number of nitrogens with zero attached hydrogens (tertiary/aromatic N) is 1. The summed E-state index contributed by atoms with van der Waals surface area (Å²) in [6.07, 6.45) is 4.82. The van der Waals surface area contributed by atoms with Crippen LogP contribution >= 0.6 is 0 Å². The number of rotatable bonds is 1. The zero-order valence-corrected chi connectivity index (χ0v) is 13.7. The third-order valence-corrected chi connectivity index (χ3v) is 5.24. The van der Waals surface area contributed by atoms with E-state index in [9.17, 15) is 4.39 Å². The van der Waals surface area contributed by atoms with Crippen molar-refractivity contribution in [2.45, 2.75) is 70.5 Å². The molecule has 1 aromatic carbocycles. The van der Waals surface area contributed by atoms with Crippen LogP contribution in [0.3, 0.4) is 0 Å². The van der Waals surface area contributed by atoms with Gasteiger partial charge in [0, 0.05) is 19.1 Å². The molecule has 1 fully saturated rings. The van der Waals surface area contributed by atoms with Crippen LogP contribution in [0.4, 0.5) is 4.39 Å². The highest BCUT2D eigenvalue weighted by Crippen LogP contribution is 2.30. The van der Waals surface area contributed by atoms with Gasteiger partial charge in [-0.05, 0) is 54.2 Å². The quantitative estimate of drug-likeness (QED) is 0.698. The van der Waals surface area contributed by atoms with Gasteiger partial charge in [-0.3, -0.25) is 4.90 Å². The van der Waals surface area contributed by atoms with Gasteiger partial charge >= 0.3 is 0 Å². The SMILES string of the molecule is CC(C)(C)c1ccc2c(c1)CCC(N1CC[C@@H](F)C1)CC2. The minimum atomic E-state index is -0.594. The monoisotopic (exact) mass is 289 g/mol. The normalized spacial score (nSPS) is 27.4. The molecule has 1 aromatic rings. The minimum absolute atomic E-state index is 0.219. The van der Waals surface area contributed by atoms with Crippen LogP contribution in [0.2, 0.25) is 0 Å². The maximum Gasteiger partial charge on any atom is 0.114 e. The standard InChI is InChI=1S/C19H28FN/c1-19(2,3)16-7-4-14-5-8-18(9-6-15(14)12-16)21-11-10-17(20)13-21/h4,7,12,17-18H,5-6,8-11,13H2,1-3H3/t17-,18?/m1/s1. The van der Waals surface area contributed by atoms with E-state index in [2.05, 4.69) is 43.9 Å². The largest absolute Gasteiger partial charge is 0.297 e. The molecule has 1 aliphatic heterocycles. The van der Waals surface area contributed by atoms with E-state index >= 15 is 0 Å². The maximum atomic E-state index is 13.4. The predicted octanol–water partition coefficient (Wildman–Crippen LogP) is 4.28. The van der Waals surface area contributed by atoms with Gasteiger partial charge in [0.2, 0.25) is 0 Å². The van der Waals surface area contributed by atoms with Crippen molar-refractivity contribution in [3.05, 3.63) is 34.9 Å². The van der Waals surface area contributed by atoms with Crippen molar-refractivity contribution in [2.75, 3.05) is 13.1 Å². The number of hydrogen-bond acceptors (Lipinski definition) is 1. The highest BCUT2D eigenvalue weighted by Gasteiger charge is 2.29. The summed E-state index contributed by atoms with van der Waals surface area (Å²) in [6, 6.07) is 7.63. The molecule has 2 heteroatoms. The first kappa shape index (κ1) is 15.0. The fraction of sp³-hybridized carbons (Fsp3) is 0.684. The smallest absolute Gasteiger partial charge is 0.114 e. The van der Waals surface area contributed by atoms with Gasteiger partial charge in [0.1, 0.15) is 6.17 Å². The predicted molar refractivity (Wildman–Crippen MR) is 86.7 cm³/mol. The number of benzene rings is 1. The first-order valence-electron chi connectivity index (χ1n) is 8.44. The van der Waals surface area contributed by atoms with E-state index in [0.717, 1.165) is 25.8 Å². The Kier molecular flexibility index (Phi) is 4.09. The van der Waals surface area contributed by atoms with Crippen LogP contribution in [0.1, 0.15) is 56.7 Å². The Morgan fingerprint density at radius 3 is 2.38 bits per heavy atom. The van der Waals surface area contributed by atoms with Crippen molar-refractivity contribution in [3.63, 3.8) is 0 Å². The molecule has 116 valence electrons. The van der Waals surface area contributed by atoms with Gasteiger partial charge in [-0.25, -0.2) is 4.39 Å². The molecule has 2 atom stereocenters. The topological polar surface area (TPSA) is 3.24 Å². The third-order valence-electron chi connectivity index (χ3n) is 5.24. The van der Waals surface area contributed by atoms with E-state index in [1.807, 2.05) is 0 Å². The number of aryl methyl sites for hydroxylation is 2. The molecule has 0 radical (unpaired) electrons. The second-order valence-corrected chi connectivity index (χ2v) is 7.85. The second-order valence-electron chi connectivity index (χ2n) is 7.85. The van der Waals surface area contributed by atoms with Crippen LogP contribution in [-0.2, 0) is 18.3 Å². The Labute approximate surface area is 128 Å². The maximum absolute atomic E-state index is 13.4. The lowest BCUT2D eigenvalue weighted by Gasteiger charge is -2.25. The lowest BCUT2D eigenvalue weighted by molar-refractivity contribution is 0.204. The molecule has 0 spiro atoms. The second kappa shape index (κ2) is 5.72. The first-order chi connectivity index (χ1) is 9.93. The summed E-state index contributed by atoms with van der Waals surface area (Å²) >= 11 is 0. The Balaban J connectivity index is 1.74. The summed E-state index contributed by atoms with van der Waals surface area (Å²) in [7, 11) is 0. The molecule has 1 aliphatic carbocycles.